The Morgan fingerprint density at radius 1 is 0.692 bits per heavy atom. The van der Waals surface area contributed by atoms with Crippen molar-refractivity contribution in [1.29, 1.82) is 0 Å². The van der Waals surface area contributed by atoms with Crippen LogP contribution >= 0.6 is 0 Å². The summed E-state index contributed by atoms with van der Waals surface area (Å²) in [5.74, 6) is 0.621. The van der Waals surface area contributed by atoms with E-state index in [1.54, 1.807) is 0 Å². The summed E-state index contributed by atoms with van der Waals surface area (Å²) in [5.41, 5.74) is 7.28. The molecular formula is C25H23N. The van der Waals surface area contributed by atoms with Gasteiger partial charge in [-0.05, 0) is 58.9 Å². The molecule has 0 saturated heterocycles. The quantitative estimate of drug-likeness (QED) is 0.536. The highest BCUT2D eigenvalue weighted by atomic mass is 14.9. The van der Waals surface area contributed by atoms with E-state index in [0.29, 0.717) is 5.92 Å². The van der Waals surface area contributed by atoms with Crippen molar-refractivity contribution in [2.24, 2.45) is 5.92 Å². The lowest BCUT2D eigenvalue weighted by molar-refractivity contribution is 0.740. The molecule has 1 unspecified atom stereocenters. The molecule has 1 nitrogen and oxygen atoms in total. The summed E-state index contributed by atoms with van der Waals surface area (Å²) in [6.07, 6.45) is 7.98. The van der Waals surface area contributed by atoms with Gasteiger partial charge in [-0.3, -0.25) is 0 Å². The van der Waals surface area contributed by atoms with E-state index in [9.17, 15) is 0 Å². The Labute approximate surface area is 155 Å². The third-order valence-corrected chi connectivity index (χ3v) is 4.77. The van der Waals surface area contributed by atoms with Gasteiger partial charge in [-0.25, -0.2) is 0 Å². The van der Waals surface area contributed by atoms with Crippen molar-refractivity contribution in [2.75, 3.05) is 5.32 Å². The van der Waals surface area contributed by atoms with E-state index < -0.39 is 0 Å². The lowest BCUT2D eigenvalue weighted by atomic mass is 9.93. The zero-order chi connectivity index (χ0) is 17.8. The highest BCUT2D eigenvalue weighted by Gasteiger charge is 2.06. The van der Waals surface area contributed by atoms with Crippen LogP contribution < -0.4 is 5.32 Å². The second kappa shape index (κ2) is 7.45. The van der Waals surface area contributed by atoms with Crippen LogP contribution in [0.5, 0.6) is 0 Å². The third kappa shape index (κ3) is 3.78. The smallest absolute Gasteiger partial charge is 0.0384 e. The summed E-state index contributed by atoms with van der Waals surface area (Å²) in [4.78, 5) is 0. The van der Waals surface area contributed by atoms with Gasteiger partial charge in [-0.15, -0.1) is 0 Å². The first-order valence-electron chi connectivity index (χ1n) is 9.19. The highest BCUT2D eigenvalue weighted by molar-refractivity contribution is 5.76. The van der Waals surface area contributed by atoms with E-state index in [-0.39, 0.29) is 0 Å². The Hall–Kier alpha value is -3.06. The van der Waals surface area contributed by atoms with Crippen molar-refractivity contribution < 1.29 is 0 Å². The van der Waals surface area contributed by atoms with Crippen molar-refractivity contribution >= 4 is 16.9 Å². The second-order valence-electron chi connectivity index (χ2n) is 6.88. The monoisotopic (exact) mass is 337 g/mol. The van der Waals surface area contributed by atoms with Gasteiger partial charge in [0.05, 0.1) is 0 Å². The number of allylic oxidation sites excluding steroid dienone is 4. The Morgan fingerprint density at radius 2 is 1.27 bits per heavy atom. The summed E-state index contributed by atoms with van der Waals surface area (Å²) in [6.45, 7) is 2.26. The van der Waals surface area contributed by atoms with Crippen LogP contribution in [0.1, 0.15) is 18.9 Å². The van der Waals surface area contributed by atoms with Gasteiger partial charge >= 0.3 is 0 Å². The van der Waals surface area contributed by atoms with Crippen LogP contribution in [0.15, 0.2) is 97.1 Å². The van der Waals surface area contributed by atoms with E-state index in [4.69, 9.17) is 0 Å². The lowest BCUT2D eigenvalue weighted by Crippen LogP contribution is -1.95. The van der Waals surface area contributed by atoms with Gasteiger partial charge in [0.1, 0.15) is 0 Å². The first-order chi connectivity index (χ1) is 12.8. The molecule has 1 aliphatic carbocycles. The van der Waals surface area contributed by atoms with Crippen LogP contribution in [0, 0.1) is 5.92 Å². The maximum absolute atomic E-state index is 3.48. The SMILES string of the molecule is CC1C=C(c2ccc(Nc3ccc(-c4ccccc4)cc3)cc2)C=CC1. The molecule has 0 fully saturated rings. The third-order valence-electron chi connectivity index (χ3n) is 4.77. The summed E-state index contributed by atoms with van der Waals surface area (Å²) < 4.78 is 0. The molecule has 1 N–H and O–H groups in total. The van der Waals surface area contributed by atoms with E-state index in [1.807, 2.05) is 6.07 Å². The minimum Gasteiger partial charge on any atom is -0.356 e. The molecule has 3 aromatic carbocycles. The molecular weight excluding hydrogens is 314 g/mol. The van der Waals surface area contributed by atoms with Crippen molar-refractivity contribution in [2.45, 2.75) is 13.3 Å². The maximum atomic E-state index is 3.48. The predicted molar refractivity (Wildman–Crippen MR) is 113 cm³/mol. The number of benzene rings is 3. The maximum Gasteiger partial charge on any atom is 0.0384 e. The topological polar surface area (TPSA) is 12.0 Å². The van der Waals surface area contributed by atoms with E-state index >= 15 is 0 Å². The first kappa shape index (κ1) is 16.4. The van der Waals surface area contributed by atoms with E-state index in [2.05, 4.69) is 103 Å². The van der Waals surface area contributed by atoms with Crippen molar-refractivity contribution in [3.63, 3.8) is 0 Å². The first-order valence-corrected chi connectivity index (χ1v) is 9.19. The van der Waals surface area contributed by atoms with Crippen molar-refractivity contribution in [1.82, 2.24) is 0 Å². The number of hydrogen-bond acceptors (Lipinski definition) is 1. The Balaban J connectivity index is 1.47. The molecule has 4 rings (SSSR count). The van der Waals surface area contributed by atoms with Crippen LogP contribution in [0.2, 0.25) is 0 Å². The average Bonchev–Trinajstić information content (AvgIpc) is 2.70. The zero-order valence-electron chi connectivity index (χ0n) is 15.0. The van der Waals surface area contributed by atoms with Crippen LogP contribution in [-0.4, -0.2) is 0 Å². The van der Waals surface area contributed by atoms with Gasteiger partial charge in [0.25, 0.3) is 0 Å². The van der Waals surface area contributed by atoms with Gasteiger partial charge < -0.3 is 5.32 Å². The Morgan fingerprint density at radius 3 is 1.88 bits per heavy atom. The molecule has 0 radical (unpaired) electrons. The van der Waals surface area contributed by atoms with Crippen molar-refractivity contribution in [3.8, 4) is 11.1 Å². The molecule has 0 amide bonds. The van der Waals surface area contributed by atoms with Crippen LogP contribution in [0.4, 0.5) is 11.4 Å². The fourth-order valence-electron chi connectivity index (χ4n) is 3.32. The number of nitrogens with one attached hydrogen (secondary N) is 1. The second-order valence-corrected chi connectivity index (χ2v) is 6.88. The summed E-state index contributed by atoms with van der Waals surface area (Å²) in [6, 6.07) is 27.7. The molecule has 26 heavy (non-hydrogen) atoms. The molecule has 1 atom stereocenters. The average molecular weight is 337 g/mol. The van der Waals surface area contributed by atoms with Crippen LogP contribution in [0.3, 0.4) is 0 Å². The molecule has 1 aliphatic rings. The van der Waals surface area contributed by atoms with Crippen LogP contribution in [0.25, 0.3) is 16.7 Å². The largest absolute Gasteiger partial charge is 0.356 e. The van der Waals surface area contributed by atoms with E-state index in [1.165, 1.54) is 22.3 Å². The molecule has 128 valence electrons. The predicted octanol–water partition coefficient (Wildman–Crippen LogP) is 7.08. The van der Waals surface area contributed by atoms with Crippen molar-refractivity contribution in [3.05, 3.63) is 103 Å². The Bertz CT molecular complexity index is 916. The fraction of sp³-hybridized carbons (Fsp3) is 0.120. The zero-order valence-corrected chi connectivity index (χ0v) is 15.0. The molecule has 0 heterocycles. The molecule has 0 bridgehead atoms. The number of hydrogen-bond donors (Lipinski definition) is 1. The molecule has 3 aromatic rings. The van der Waals surface area contributed by atoms with E-state index in [0.717, 1.165) is 17.8 Å². The van der Waals surface area contributed by atoms with Crippen LogP contribution in [-0.2, 0) is 0 Å². The standard InChI is InChI=1S/C25H23N/c1-19-6-5-9-23(18-19)22-12-16-25(17-13-22)26-24-14-10-21(11-15-24)20-7-3-2-4-8-20/h2-5,7-19,26H,6H2,1H3. The Kier molecular flexibility index (Phi) is 4.70. The molecule has 0 saturated carbocycles. The lowest BCUT2D eigenvalue weighted by Gasteiger charge is -2.13. The van der Waals surface area contributed by atoms with Gasteiger partial charge in [-0.1, -0.05) is 79.7 Å². The fourth-order valence-corrected chi connectivity index (χ4v) is 3.32. The van der Waals surface area contributed by atoms with Gasteiger partial charge in [0.2, 0.25) is 0 Å². The number of anilines is 2. The number of rotatable bonds is 4. The van der Waals surface area contributed by atoms with Gasteiger partial charge in [0, 0.05) is 11.4 Å². The molecule has 0 aliphatic heterocycles. The highest BCUT2D eigenvalue weighted by Crippen LogP contribution is 2.27. The normalized spacial score (nSPS) is 16.2. The molecule has 1 heteroatoms. The minimum absolute atomic E-state index is 0.621. The summed E-state index contributed by atoms with van der Waals surface area (Å²) in [5, 5.41) is 3.48. The summed E-state index contributed by atoms with van der Waals surface area (Å²) in [7, 11) is 0. The van der Waals surface area contributed by atoms with Gasteiger partial charge in [0.15, 0.2) is 0 Å². The molecule has 0 spiro atoms. The molecule has 0 aromatic heterocycles. The minimum atomic E-state index is 0.621. The summed E-state index contributed by atoms with van der Waals surface area (Å²) >= 11 is 0. The van der Waals surface area contributed by atoms with Gasteiger partial charge in [-0.2, -0.15) is 0 Å².